The summed E-state index contributed by atoms with van der Waals surface area (Å²) in [5, 5.41) is 24.1. The molecule has 16 heterocycles. The molecule has 0 aliphatic carbocycles. The summed E-state index contributed by atoms with van der Waals surface area (Å²) in [6, 6.07) is 51.8. The van der Waals surface area contributed by atoms with Gasteiger partial charge in [0.05, 0.1) is 126 Å². The summed E-state index contributed by atoms with van der Waals surface area (Å²) in [5.74, 6) is -1.81. The Labute approximate surface area is 830 Å². The Morgan fingerprint density at radius 3 is 1.00 bits per heavy atom. The first-order chi connectivity index (χ1) is 67.8. The van der Waals surface area contributed by atoms with E-state index in [9.17, 15) is 36.3 Å². The van der Waals surface area contributed by atoms with E-state index >= 15 is 0 Å². The number of hydrogen-bond donors (Lipinski definition) is 3. The van der Waals surface area contributed by atoms with Gasteiger partial charge in [-0.15, -0.1) is 12.4 Å². The maximum Gasteiger partial charge on any atom is 0.303 e. The summed E-state index contributed by atoms with van der Waals surface area (Å²) in [4.78, 5) is 80.8. The predicted octanol–water partition coefficient (Wildman–Crippen LogP) is 18.9. The van der Waals surface area contributed by atoms with Gasteiger partial charge in [0.15, 0.2) is 11.6 Å². The van der Waals surface area contributed by atoms with Gasteiger partial charge in [0, 0.05) is 266 Å². The van der Waals surface area contributed by atoms with E-state index in [1.165, 1.54) is 18.2 Å². The highest BCUT2D eigenvalue weighted by atomic mass is 79.9. The number of carboxylic acid groups (broad SMARTS) is 2. The van der Waals surface area contributed by atoms with Crippen LogP contribution in [0.1, 0.15) is 84.5 Å². The SMILES string of the molecule is C.C1CC2(CCN1)OCCO2.COc1cc(N2CCN(C3CCN(c4ccc(F)c5cccnc45)CC3)CC2)c2ncccc2c1.COc1cc(N2CCN(C3CCN(c4ccc(F)c5cccnc45)CC3)CC2)c2ncccc2c1.Cl.Fc1ccc(Br)c2ncccc12.Fc1ccc(N2CCC3(CC2)OCCO3)c2ncccc12.O=C(O)CCC(=O)O.O=C1CCN(c2ccc(F)c3cccnc23)CC1. The minimum atomic E-state index is -1.08. The molecule has 7 aromatic heterocycles. The molecule has 9 aliphatic heterocycles. The van der Waals surface area contributed by atoms with Crippen LogP contribution in [0.25, 0.3) is 76.3 Å². The molecule has 9 aliphatic rings. The van der Waals surface area contributed by atoms with Crippen molar-refractivity contribution in [2.75, 3.05) is 188 Å². The molecule has 7 aromatic carbocycles. The summed E-state index contributed by atoms with van der Waals surface area (Å²) < 4.78 is 104. The number of benzene rings is 7. The molecule has 0 bridgehead atoms. The van der Waals surface area contributed by atoms with Gasteiger partial charge in [0.2, 0.25) is 0 Å². The maximum atomic E-state index is 14.2. The molecule has 27 nitrogen and oxygen atoms in total. The van der Waals surface area contributed by atoms with E-state index in [4.69, 9.17) is 38.6 Å². The number of anilines is 6. The number of aliphatic carboxylic acids is 2. The third kappa shape index (κ3) is 24.8. The lowest BCUT2D eigenvalue weighted by atomic mass is 10.0. The fourth-order valence-electron chi connectivity index (χ4n) is 19.9. The second kappa shape index (κ2) is 48.4. The Hall–Kier alpha value is -12.4. The number of nitrogens with zero attached hydrogens (tertiary/aromatic N) is 15. The monoisotopic (exact) mass is 2010 g/mol. The van der Waals surface area contributed by atoms with Gasteiger partial charge < -0.3 is 73.4 Å². The van der Waals surface area contributed by atoms with Gasteiger partial charge in [-0.1, -0.05) is 19.6 Å². The molecule has 0 saturated carbocycles. The Kier molecular flexibility index (Phi) is 35.3. The first kappa shape index (κ1) is 103. The number of methoxy groups -OCH3 is 2. The second-order valence-electron chi connectivity index (χ2n) is 35.5. The number of fused-ring (bicyclic) bond motifs is 7. The highest BCUT2D eigenvalue weighted by Crippen LogP contribution is 2.41. The zero-order valence-corrected chi connectivity index (χ0v) is 80.8. The number of piperazine rings is 2. The van der Waals surface area contributed by atoms with Crippen molar-refractivity contribution in [3.63, 3.8) is 0 Å². The number of pyridine rings is 7. The number of ether oxygens (including phenoxy) is 6. The number of hydrogen-bond acceptors (Lipinski definition) is 25. The van der Waals surface area contributed by atoms with Crippen LogP contribution in [0.3, 0.4) is 0 Å². The number of ketones is 1. The molecule has 3 N–H and O–H groups in total. The standard InChI is InChI=1S/2C28H30FN5O.C16H17FN2O2.C14H13FN2O.C9H5BrFN.C7H13NO2.C4H6O4.CH4.ClH/c2*1-35-22-18-20-4-2-10-30-27(20)26(19-22)34-16-14-32(15-17-34)21-8-12-33(13-9-21)25-7-6-24(29)23-5-3-11-31-28(23)25;17-13-3-4-14(15-12(13)2-1-7-18-15)19-8-5-16(6-9-19)20-10-11-21-16;15-12-3-4-13(14-11(12)2-1-7-16-14)17-8-5-10(18)6-9-17;10-7-3-4-8(11)6-2-1-5-12-9(6)7;1-3-8-4-2-7(1)9-5-6-10-7;5-3(6)1-2-4(7)8;;/h2*2-7,10-11,18-19,21H,8-9,12-17H2,1H3;1-4,7H,5-6,8-11H2;1-4,7H,5-6,8-9H2;1-5H;8H,1-6H2;1-2H2,(H,5,6)(H,7,8);1H4;1H. The number of nitrogens with one attached hydrogen (secondary N) is 1. The van der Waals surface area contributed by atoms with Crippen molar-refractivity contribution < 1.29 is 75.0 Å². The molecule has 0 radical (unpaired) electrons. The molecule has 141 heavy (non-hydrogen) atoms. The molecule has 9 saturated heterocycles. The Bertz CT molecular complexity index is 6340. The van der Waals surface area contributed by atoms with Gasteiger partial charge in [-0.25, -0.2) is 22.0 Å². The normalized spacial score (nSPS) is 17.7. The van der Waals surface area contributed by atoms with Crippen LogP contribution in [0.4, 0.5) is 56.1 Å². The van der Waals surface area contributed by atoms with Gasteiger partial charge in [-0.3, -0.25) is 59.1 Å². The average Bonchev–Trinajstić information content (AvgIpc) is 1.76. The van der Waals surface area contributed by atoms with Crippen LogP contribution in [0.2, 0.25) is 0 Å². The van der Waals surface area contributed by atoms with E-state index in [1.54, 1.807) is 118 Å². The number of rotatable bonds is 13. The zero-order chi connectivity index (χ0) is 96.4. The van der Waals surface area contributed by atoms with E-state index in [1.807, 2.05) is 54.9 Å². The largest absolute Gasteiger partial charge is 0.497 e. The molecule has 0 unspecified atom stereocenters. The van der Waals surface area contributed by atoms with Crippen LogP contribution < -0.4 is 44.2 Å². The van der Waals surface area contributed by atoms with Crippen LogP contribution in [0, 0.1) is 29.1 Å². The van der Waals surface area contributed by atoms with Crippen LogP contribution in [0.5, 0.6) is 11.5 Å². The van der Waals surface area contributed by atoms with Crippen LogP contribution in [-0.2, 0) is 33.3 Å². The lowest BCUT2D eigenvalue weighted by Crippen LogP contribution is -2.53. The van der Waals surface area contributed by atoms with Crippen molar-refractivity contribution in [1.82, 2.24) is 50.0 Å². The van der Waals surface area contributed by atoms with E-state index in [-0.39, 0.29) is 73.3 Å². The van der Waals surface area contributed by atoms with Gasteiger partial charge in [0.25, 0.3) is 0 Å². The van der Waals surface area contributed by atoms with Crippen molar-refractivity contribution in [2.45, 2.75) is 108 Å². The first-order valence-electron chi connectivity index (χ1n) is 47.6. The van der Waals surface area contributed by atoms with Gasteiger partial charge in [-0.05, 0) is 187 Å². The number of carboxylic acids is 2. The van der Waals surface area contributed by atoms with Crippen molar-refractivity contribution in [3.05, 3.63) is 247 Å². The summed E-state index contributed by atoms with van der Waals surface area (Å²) in [7, 11) is 3.44. The van der Waals surface area contributed by atoms with E-state index in [2.05, 4.69) is 132 Å². The fraction of sp³-hybridized carbons (Fsp3) is 0.383. The zero-order valence-electron chi connectivity index (χ0n) is 78.4. The second-order valence-corrected chi connectivity index (χ2v) is 36.3. The number of piperidine rings is 5. The van der Waals surface area contributed by atoms with E-state index in [0.717, 1.165) is 258 Å². The molecule has 0 atom stereocenters. The summed E-state index contributed by atoms with van der Waals surface area (Å²) in [6.07, 6.45) is 20.9. The van der Waals surface area contributed by atoms with Gasteiger partial charge >= 0.3 is 11.9 Å². The highest BCUT2D eigenvalue weighted by molar-refractivity contribution is 9.10. The quantitative estimate of drug-likeness (QED) is 0.0905. The molecule has 23 rings (SSSR count). The van der Waals surface area contributed by atoms with Crippen LogP contribution >= 0.6 is 28.3 Å². The van der Waals surface area contributed by atoms with Crippen LogP contribution in [-0.4, -0.2) is 255 Å². The summed E-state index contributed by atoms with van der Waals surface area (Å²) in [6.45, 7) is 19.9. The average molecular weight is 2020 g/mol. The smallest absolute Gasteiger partial charge is 0.303 e. The van der Waals surface area contributed by atoms with Crippen molar-refractivity contribution in [1.29, 1.82) is 0 Å². The molecular formula is C107H119BrClF5N16O11. The van der Waals surface area contributed by atoms with Crippen molar-refractivity contribution >= 4 is 157 Å². The van der Waals surface area contributed by atoms with Gasteiger partial charge in [-0.2, -0.15) is 0 Å². The number of carbonyl (C=O) groups excluding carboxylic acids is 1. The third-order valence-corrected chi connectivity index (χ3v) is 27.9. The molecule has 0 amide bonds. The predicted molar refractivity (Wildman–Crippen MR) is 549 cm³/mol. The van der Waals surface area contributed by atoms with Crippen molar-refractivity contribution in [2.24, 2.45) is 0 Å². The number of carbonyl (C=O) groups is 3. The third-order valence-electron chi connectivity index (χ3n) is 27.3. The fourth-order valence-corrected chi connectivity index (χ4v) is 20.4. The van der Waals surface area contributed by atoms with E-state index < -0.39 is 11.9 Å². The topological polar surface area (TPSA) is 275 Å². The molecule has 14 aromatic rings. The Morgan fingerprint density at radius 2 is 0.667 bits per heavy atom. The minimum absolute atomic E-state index is 0. The number of halogens is 7. The number of Topliss-reactive ketones (excluding diaryl/α,β-unsaturated/α-hetero) is 1. The Morgan fingerprint density at radius 1 is 0.376 bits per heavy atom. The maximum absolute atomic E-state index is 14.2. The first-order valence-corrected chi connectivity index (χ1v) is 48.4. The molecule has 9 fully saturated rings. The minimum Gasteiger partial charge on any atom is -0.497 e. The lowest BCUT2D eigenvalue weighted by Gasteiger charge is -2.44. The molecule has 742 valence electrons. The highest BCUT2D eigenvalue weighted by Gasteiger charge is 2.41. The van der Waals surface area contributed by atoms with Crippen molar-refractivity contribution in [3.8, 4) is 11.5 Å². The summed E-state index contributed by atoms with van der Waals surface area (Å²) in [5.41, 5.74) is 12.0. The molecular weight excluding hydrogens is 1900 g/mol. The van der Waals surface area contributed by atoms with Gasteiger partial charge in [0.1, 0.15) is 46.4 Å². The lowest BCUT2D eigenvalue weighted by molar-refractivity contribution is -0.172. The Balaban J connectivity index is 0.000000131. The molecule has 2 spiro atoms. The number of aromatic nitrogens is 7. The molecule has 34 heteroatoms. The summed E-state index contributed by atoms with van der Waals surface area (Å²) >= 11 is 3.30. The van der Waals surface area contributed by atoms with Crippen LogP contribution in [0.15, 0.2) is 218 Å². The van der Waals surface area contributed by atoms with E-state index in [0.29, 0.717) is 95.0 Å².